The van der Waals surface area contributed by atoms with Gasteiger partial charge < -0.3 is 33.4 Å². The number of nitrogens with zero attached hydrogens (tertiary/aromatic N) is 4. The van der Waals surface area contributed by atoms with Gasteiger partial charge in [0.15, 0.2) is 0 Å². The smallest absolute Gasteiger partial charge is 0.512 e. The van der Waals surface area contributed by atoms with Gasteiger partial charge in [-0.25, -0.2) is 13.1 Å². The monoisotopic (exact) mass is 413 g/mol. The minimum atomic E-state index is -0.167. The van der Waals surface area contributed by atoms with Gasteiger partial charge in [0.05, 0.1) is 0 Å². The molecule has 0 bridgehead atoms. The molecule has 0 aliphatic rings. The Morgan fingerprint density at radius 1 is 0.647 bits per heavy atom. The summed E-state index contributed by atoms with van der Waals surface area (Å²) < 4.78 is 0. The van der Waals surface area contributed by atoms with Crippen molar-refractivity contribution in [3.05, 3.63) is 36.0 Å². The van der Waals surface area contributed by atoms with Gasteiger partial charge in [-0.2, -0.15) is 0 Å². The van der Waals surface area contributed by atoms with Crippen LogP contribution in [0.3, 0.4) is 0 Å². The summed E-state index contributed by atoms with van der Waals surface area (Å²) >= 11 is 0. The van der Waals surface area contributed by atoms with E-state index in [2.05, 4.69) is 9.69 Å². The molecule has 0 amide bonds. The third-order valence-electron chi connectivity index (χ3n) is 0.671. The fourth-order valence-corrected chi connectivity index (χ4v) is 0. The third-order valence-corrected chi connectivity index (χ3v) is 0.671. The molecule has 4 nitrogen and oxygen atoms in total. The van der Waals surface area contributed by atoms with Crippen molar-refractivity contribution in [3.63, 3.8) is 0 Å². The van der Waals surface area contributed by atoms with Crippen molar-refractivity contribution in [1.82, 2.24) is 0 Å². The van der Waals surface area contributed by atoms with E-state index in [0.29, 0.717) is 0 Å². The molecule has 0 atom stereocenters. The largest absolute Gasteiger partial charge is 2.00 e. The summed E-state index contributed by atoms with van der Waals surface area (Å²) in [5.41, 5.74) is -0.333. The van der Waals surface area contributed by atoms with E-state index in [1.165, 1.54) is 0 Å². The Balaban J connectivity index is -0.0000000417. The number of rotatable bonds is 0. The maximum atomic E-state index is 6.48. The van der Waals surface area contributed by atoms with Crippen LogP contribution in [-0.4, -0.2) is 11.1 Å². The SMILES string of the molecule is [C-]#N.[C-]#N.[C-]#[N+]C(C)(C)C.[C-]#[N+]C(C)(C)C.[Pt+2]. The van der Waals surface area contributed by atoms with E-state index in [1.807, 2.05) is 41.5 Å². The molecule has 0 aliphatic carbocycles. The molecule has 0 saturated carbocycles. The summed E-state index contributed by atoms with van der Waals surface area (Å²) in [7, 11) is 0. The van der Waals surface area contributed by atoms with Crippen LogP contribution >= 0.6 is 0 Å². The maximum Gasteiger partial charge on any atom is 2.00 e. The van der Waals surface area contributed by atoms with Gasteiger partial charge in [0.1, 0.15) is 0 Å². The summed E-state index contributed by atoms with van der Waals surface area (Å²) in [6, 6.07) is 0. The Bertz CT molecular complexity index is 235. The van der Waals surface area contributed by atoms with Crippen LogP contribution in [0.25, 0.3) is 9.69 Å². The summed E-state index contributed by atoms with van der Waals surface area (Å²) in [6.07, 6.45) is 0. The Labute approximate surface area is 120 Å². The van der Waals surface area contributed by atoms with Crippen molar-refractivity contribution >= 4 is 0 Å². The minimum Gasteiger partial charge on any atom is -0.512 e. The molecule has 5 heteroatoms. The Hall–Kier alpha value is -1.35. The maximum absolute atomic E-state index is 6.48. The van der Waals surface area contributed by atoms with Crippen LogP contribution in [0.15, 0.2) is 0 Å². The molecular formula is C12H18N4Pt. The summed E-state index contributed by atoms with van der Waals surface area (Å²) in [6.45, 7) is 33.8. The summed E-state index contributed by atoms with van der Waals surface area (Å²) in [5.74, 6) is 0. The zero-order chi connectivity index (χ0) is 14.4. The van der Waals surface area contributed by atoms with Gasteiger partial charge >= 0.3 is 21.1 Å². The molecule has 0 aromatic heterocycles. The fourth-order valence-electron chi connectivity index (χ4n) is 0. The minimum absolute atomic E-state index is 0. The van der Waals surface area contributed by atoms with Crippen LogP contribution in [-0.2, 0) is 21.1 Å². The predicted molar refractivity (Wildman–Crippen MR) is 62.6 cm³/mol. The molecule has 96 valence electrons. The Kier molecular flexibility index (Phi) is 29.7. The van der Waals surface area contributed by atoms with E-state index in [1.54, 1.807) is 0 Å². The van der Waals surface area contributed by atoms with Crippen LogP contribution < -0.4 is 0 Å². The molecule has 0 radical (unpaired) electrons. The molecule has 0 aromatic carbocycles. The van der Waals surface area contributed by atoms with Crippen molar-refractivity contribution in [1.29, 1.82) is 10.5 Å². The van der Waals surface area contributed by atoms with Gasteiger partial charge in [0.25, 0.3) is 0 Å². The standard InChI is InChI=1S/2C5H9N.2CN.Pt/c2*1-5(2,3)6-4;2*1-2;/h2*1-3H3;;;/q;;2*-1;+2. The van der Waals surface area contributed by atoms with E-state index >= 15 is 0 Å². The van der Waals surface area contributed by atoms with Crippen LogP contribution in [0, 0.1) is 36.8 Å². The van der Waals surface area contributed by atoms with E-state index in [4.69, 9.17) is 36.8 Å². The van der Waals surface area contributed by atoms with E-state index < -0.39 is 0 Å². The molecule has 0 aromatic rings. The molecule has 0 saturated heterocycles. The van der Waals surface area contributed by atoms with Crippen molar-refractivity contribution in [2.45, 2.75) is 52.6 Å². The molecule has 0 spiro atoms. The predicted octanol–water partition coefficient (Wildman–Crippen LogP) is 3.60. The van der Waals surface area contributed by atoms with Crippen LogP contribution in [0.4, 0.5) is 0 Å². The van der Waals surface area contributed by atoms with Gasteiger partial charge in [-0.1, -0.05) is 0 Å². The van der Waals surface area contributed by atoms with Crippen molar-refractivity contribution in [2.75, 3.05) is 0 Å². The molecular weight excluding hydrogens is 395 g/mol. The second-order valence-electron chi connectivity index (χ2n) is 4.57. The molecule has 0 N–H and O–H groups in total. The first-order valence-corrected chi connectivity index (χ1v) is 4.34. The molecule has 0 aliphatic heterocycles. The summed E-state index contributed by atoms with van der Waals surface area (Å²) in [5, 5.41) is 12.5. The van der Waals surface area contributed by atoms with Crippen molar-refractivity contribution in [3.8, 4) is 0 Å². The van der Waals surface area contributed by atoms with Crippen LogP contribution in [0.1, 0.15) is 41.5 Å². The third kappa shape index (κ3) is 108. The molecule has 0 heterocycles. The first-order valence-electron chi connectivity index (χ1n) is 4.34. The quantitative estimate of drug-likeness (QED) is 0.570. The average molecular weight is 413 g/mol. The Morgan fingerprint density at radius 3 is 0.706 bits per heavy atom. The van der Waals surface area contributed by atoms with Gasteiger partial charge in [-0.3, -0.25) is 0 Å². The molecule has 0 fully saturated rings. The van der Waals surface area contributed by atoms with E-state index in [-0.39, 0.29) is 32.1 Å². The van der Waals surface area contributed by atoms with Crippen LogP contribution in [0.5, 0.6) is 0 Å². The molecule has 17 heavy (non-hydrogen) atoms. The van der Waals surface area contributed by atoms with Crippen molar-refractivity contribution < 1.29 is 21.1 Å². The second kappa shape index (κ2) is 17.1. The zero-order valence-electron chi connectivity index (χ0n) is 11.1. The van der Waals surface area contributed by atoms with Gasteiger partial charge in [-0.15, -0.1) is 0 Å². The fraction of sp³-hybridized carbons (Fsp3) is 0.667. The number of hydrogen-bond acceptors (Lipinski definition) is 2. The normalized spacial score (nSPS) is 7.53. The average Bonchev–Trinajstić information content (AvgIpc) is 2.23. The molecule has 0 rings (SSSR count). The van der Waals surface area contributed by atoms with Gasteiger partial charge in [0, 0.05) is 41.5 Å². The number of hydrogen-bond donors (Lipinski definition) is 0. The van der Waals surface area contributed by atoms with E-state index in [0.717, 1.165) is 0 Å². The topological polar surface area (TPSA) is 56.3 Å². The summed E-state index contributed by atoms with van der Waals surface area (Å²) in [4.78, 5) is 6.54. The first kappa shape index (κ1) is 29.6. The zero-order valence-corrected chi connectivity index (χ0v) is 13.4. The van der Waals surface area contributed by atoms with Crippen LogP contribution in [0.2, 0.25) is 0 Å². The van der Waals surface area contributed by atoms with Gasteiger partial charge in [0.2, 0.25) is 11.1 Å². The second-order valence-corrected chi connectivity index (χ2v) is 4.57. The first-order chi connectivity index (χ1) is 7.12. The van der Waals surface area contributed by atoms with Gasteiger partial charge in [-0.05, 0) is 0 Å². The molecule has 0 unspecified atom stereocenters. The van der Waals surface area contributed by atoms with E-state index in [9.17, 15) is 0 Å². The van der Waals surface area contributed by atoms with Crippen molar-refractivity contribution in [2.24, 2.45) is 0 Å². The Morgan fingerprint density at radius 2 is 0.706 bits per heavy atom.